The van der Waals surface area contributed by atoms with Gasteiger partial charge in [0.2, 0.25) is 10.0 Å². The first-order valence-corrected chi connectivity index (χ1v) is 8.02. The van der Waals surface area contributed by atoms with Gasteiger partial charge < -0.3 is 15.2 Å². The molecule has 0 bridgehead atoms. The third kappa shape index (κ3) is 3.49. The summed E-state index contributed by atoms with van der Waals surface area (Å²) in [5.41, 5.74) is 6.22. The Morgan fingerprint density at radius 3 is 2.90 bits per heavy atom. The second kappa shape index (κ2) is 6.53. The van der Waals surface area contributed by atoms with Gasteiger partial charge in [-0.2, -0.15) is 0 Å². The molecule has 6 nitrogen and oxygen atoms in total. The Bertz CT molecular complexity index is 553. The minimum Gasteiger partial charge on any atom is -0.497 e. The Balaban J connectivity index is 2.29. The van der Waals surface area contributed by atoms with Crippen molar-refractivity contribution >= 4 is 10.0 Å². The fourth-order valence-electron chi connectivity index (χ4n) is 2.21. The number of sulfonamides is 1. The molecular weight excluding hydrogens is 280 g/mol. The minimum atomic E-state index is -3.56. The summed E-state index contributed by atoms with van der Waals surface area (Å²) in [6.45, 7) is 1.38. The first-order valence-electron chi connectivity index (χ1n) is 6.54. The number of rotatable bonds is 6. The van der Waals surface area contributed by atoms with Gasteiger partial charge in [0, 0.05) is 12.6 Å². The molecule has 0 spiro atoms. The highest BCUT2D eigenvalue weighted by Crippen LogP contribution is 2.23. The molecule has 1 fully saturated rings. The van der Waals surface area contributed by atoms with E-state index in [1.54, 1.807) is 25.3 Å². The third-order valence-electron chi connectivity index (χ3n) is 3.22. The van der Waals surface area contributed by atoms with Crippen LogP contribution in [0, 0.1) is 0 Å². The molecular formula is C13H20N2O4S. The lowest BCUT2D eigenvalue weighted by atomic mass is 10.1. The minimum absolute atomic E-state index is 0.159. The number of benzene rings is 1. The topological polar surface area (TPSA) is 90.7 Å². The second-order valence-electron chi connectivity index (χ2n) is 4.69. The van der Waals surface area contributed by atoms with Crippen LogP contribution in [0.25, 0.3) is 0 Å². The van der Waals surface area contributed by atoms with Crippen LogP contribution in [0.3, 0.4) is 0 Å². The molecule has 7 heteroatoms. The van der Waals surface area contributed by atoms with Crippen molar-refractivity contribution in [2.24, 2.45) is 5.73 Å². The van der Waals surface area contributed by atoms with Crippen LogP contribution in [0.1, 0.15) is 12.0 Å². The maximum atomic E-state index is 12.4. The first-order chi connectivity index (χ1) is 9.56. The molecule has 1 aromatic carbocycles. The monoisotopic (exact) mass is 300 g/mol. The molecule has 2 rings (SSSR count). The van der Waals surface area contributed by atoms with Crippen molar-refractivity contribution in [2.75, 3.05) is 26.9 Å². The average molecular weight is 300 g/mol. The van der Waals surface area contributed by atoms with Gasteiger partial charge in [-0.1, -0.05) is 0 Å². The number of ether oxygens (including phenoxy) is 2. The second-order valence-corrected chi connectivity index (χ2v) is 6.38. The van der Waals surface area contributed by atoms with E-state index >= 15 is 0 Å². The Hall–Kier alpha value is -1.15. The molecule has 1 atom stereocenters. The van der Waals surface area contributed by atoms with E-state index in [1.807, 2.05) is 0 Å². The van der Waals surface area contributed by atoms with Crippen LogP contribution in [0.15, 0.2) is 23.1 Å². The number of nitrogens with two attached hydrogens (primary N) is 1. The van der Waals surface area contributed by atoms with Crippen molar-refractivity contribution in [3.63, 3.8) is 0 Å². The van der Waals surface area contributed by atoms with Gasteiger partial charge in [0.1, 0.15) is 5.75 Å². The molecule has 112 valence electrons. The Morgan fingerprint density at radius 1 is 1.50 bits per heavy atom. The van der Waals surface area contributed by atoms with Crippen LogP contribution in [0.2, 0.25) is 0 Å². The van der Waals surface area contributed by atoms with Crippen LogP contribution in [-0.2, 0) is 21.2 Å². The molecule has 1 unspecified atom stereocenters. The van der Waals surface area contributed by atoms with Crippen molar-refractivity contribution in [3.05, 3.63) is 23.8 Å². The molecule has 0 amide bonds. The van der Waals surface area contributed by atoms with E-state index in [0.29, 0.717) is 43.9 Å². The van der Waals surface area contributed by atoms with Gasteiger partial charge >= 0.3 is 0 Å². The lowest BCUT2D eigenvalue weighted by Crippen LogP contribution is -2.35. The summed E-state index contributed by atoms with van der Waals surface area (Å²) in [6, 6.07) is 4.75. The van der Waals surface area contributed by atoms with Gasteiger partial charge in [-0.3, -0.25) is 0 Å². The smallest absolute Gasteiger partial charge is 0.241 e. The number of methoxy groups -OCH3 is 1. The number of hydrogen-bond donors (Lipinski definition) is 2. The Kier molecular flexibility index (Phi) is 4.98. The number of hydrogen-bond acceptors (Lipinski definition) is 5. The fourth-order valence-corrected chi connectivity index (χ4v) is 3.71. The van der Waals surface area contributed by atoms with Crippen LogP contribution in [0.5, 0.6) is 5.75 Å². The van der Waals surface area contributed by atoms with E-state index in [9.17, 15) is 8.42 Å². The molecule has 0 aliphatic carbocycles. The predicted octanol–water partition coefficient (Wildman–Crippen LogP) is 0.264. The molecule has 3 N–H and O–H groups in total. The molecule has 0 aromatic heterocycles. The van der Waals surface area contributed by atoms with Crippen LogP contribution < -0.4 is 15.2 Å². The maximum Gasteiger partial charge on any atom is 0.241 e. The molecule has 0 saturated carbocycles. The maximum absolute atomic E-state index is 12.4. The highest BCUT2D eigenvalue weighted by molar-refractivity contribution is 7.89. The van der Waals surface area contributed by atoms with E-state index in [4.69, 9.17) is 15.2 Å². The van der Waals surface area contributed by atoms with Crippen LogP contribution >= 0.6 is 0 Å². The summed E-state index contributed by atoms with van der Waals surface area (Å²) in [7, 11) is -2.02. The van der Waals surface area contributed by atoms with Gasteiger partial charge in [0.25, 0.3) is 0 Å². The quantitative estimate of drug-likeness (QED) is 0.786. The van der Waals surface area contributed by atoms with E-state index in [2.05, 4.69) is 4.72 Å². The molecule has 1 heterocycles. The molecule has 1 aliphatic heterocycles. The van der Waals surface area contributed by atoms with E-state index in [1.165, 1.54) is 0 Å². The van der Waals surface area contributed by atoms with E-state index in [-0.39, 0.29) is 10.9 Å². The fraction of sp³-hybridized carbons (Fsp3) is 0.538. The summed E-state index contributed by atoms with van der Waals surface area (Å²) in [6.07, 6.45) is 1.18. The highest BCUT2D eigenvalue weighted by Gasteiger charge is 2.25. The standard InChI is InChI=1S/C13H20N2O4S/c1-18-12-2-3-13(10(8-12)4-6-14)20(16,17)15-11-5-7-19-9-11/h2-3,8,11,15H,4-7,9,14H2,1H3. The lowest BCUT2D eigenvalue weighted by Gasteiger charge is -2.15. The zero-order valence-electron chi connectivity index (χ0n) is 11.5. The van der Waals surface area contributed by atoms with Gasteiger partial charge in [0.15, 0.2) is 0 Å². The van der Waals surface area contributed by atoms with Crippen molar-refractivity contribution in [1.82, 2.24) is 4.72 Å². The summed E-state index contributed by atoms with van der Waals surface area (Å²) in [5.74, 6) is 0.622. The zero-order chi connectivity index (χ0) is 14.6. The summed E-state index contributed by atoms with van der Waals surface area (Å²) in [5, 5.41) is 0. The SMILES string of the molecule is COc1ccc(S(=O)(=O)NC2CCOC2)c(CCN)c1. The normalized spacial score (nSPS) is 19.2. The lowest BCUT2D eigenvalue weighted by molar-refractivity contribution is 0.192. The van der Waals surface area contributed by atoms with Crippen molar-refractivity contribution in [2.45, 2.75) is 23.8 Å². The Labute approximate surface area is 119 Å². The van der Waals surface area contributed by atoms with Gasteiger partial charge in [-0.05, 0) is 43.1 Å². The van der Waals surface area contributed by atoms with Crippen LogP contribution in [0.4, 0.5) is 0 Å². The molecule has 1 aliphatic rings. The van der Waals surface area contributed by atoms with Crippen molar-refractivity contribution in [3.8, 4) is 5.75 Å². The predicted molar refractivity (Wildman–Crippen MR) is 75.3 cm³/mol. The van der Waals surface area contributed by atoms with Gasteiger partial charge in [0.05, 0.1) is 18.6 Å². The molecule has 20 heavy (non-hydrogen) atoms. The zero-order valence-corrected chi connectivity index (χ0v) is 12.3. The van der Waals surface area contributed by atoms with Crippen LogP contribution in [-0.4, -0.2) is 41.3 Å². The largest absolute Gasteiger partial charge is 0.497 e. The average Bonchev–Trinajstić information content (AvgIpc) is 2.91. The van der Waals surface area contributed by atoms with E-state index in [0.717, 1.165) is 0 Å². The third-order valence-corrected chi connectivity index (χ3v) is 4.84. The summed E-state index contributed by atoms with van der Waals surface area (Å²) in [4.78, 5) is 0.260. The van der Waals surface area contributed by atoms with Crippen molar-refractivity contribution in [1.29, 1.82) is 0 Å². The van der Waals surface area contributed by atoms with Gasteiger partial charge in [-0.15, -0.1) is 0 Å². The van der Waals surface area contributed by atoms with E-state index < -0.39 is 10.0 Å². The van der Waals surface area contributed by atoms with Crippen molar-refractivity contribution < 1.29 is 17.9 Å². The Morgan fingerprint density at radius 2 is 2.30 bits per heavy atom. The molecule has 1 saturated heterocycles. The first kappa shape index (κ1) is 15.2. The molecule has 1 aromatic rings. The summed E-state index contributed by atoms with van der Waals surface area (Å²) < 4.78 is 37.9. The number of nitrogens with one attached hydrogen (secondary N) is 1. The summed E-state index contributed by atoms with van der Waals surface area (Å²) >= 11 is 0. The molecule has 0 radical (unpaired) electrons. The highest BCUT2D eigenvalue weighted by atomic mass is 32.2. The van der Waals surface area contributed by atoms with Gasteiger partial charge in [-0.25, -0.2) is 13.1 Å².